The van der Waals surface area contributed by atoms with E-state index in [4.69, 9.17) is 74.3 Å². The zero-order valence-electron chi connectivity index (χ0n) is 8.99. The van der Waals surface area contributed by atoms with Crippen LogP contribution in [-0.4, -0.2) is 0 Å². The minimum atomic E-state index is 0.182. The van der Waals surface area contributed by atoms with Gasteiger partial charge in [-0.05, 0) is 18.2 Å². The van der Waals surface area contributed by atoms with Crippen molar-refractivity contribution in [1.29, 1.82) is 0 Å². The van der Waals surface area contributed by atoms with Gasteiger partial charge < -0.3 is 4.74 Å². The first-order chi connectivity index (χ1) is 8.90. The quantitative estimate of drug-likeness (QED) is 0.496. The van der Waals surface area contributed by atoms with Gasteiger partial charge in [0.15, 0.2) is 5.75 Å². The molecule has 0 atom stereocenters. The van der Waals surface area contributed by atoms with E-state index in [9.17, 15) is 0 Å². The second-order valence-corrected chi connectivity index (χ2v) is 5.89. The predicted molar refractivity (Wildman–Crippen MR) is 83.0 cm³/mol. The molecule has 0 aliphatic carbocycles. The maximum Gasteiger partial charge on any atom is 0.166 e. The molecule has 0 aliphatic heterocycles. The molecule has 0 saturated heterocycles. The van der Waals surface area contributed by atoms with Crippen molar-refractivity contribution in [3.05, 3.63) is 54.4 Å². The van der Waals surface area contributed by atoms with Crippen LogP contribution < -0.4 is 4.74 Å². The highest BCUT2D eigenvalue weighted by atomic mass is 35.5. The van der Waals surface area contributed by atoms with E-state index in [2.05, 4.69) is 0 Å². The Kier molecular flexibility index (Phi) is 4.99. The zero-order valence-corrected chi connectivity index (χ0v) is 13.5. The monoisotopic (exact) mass is 374 g/mol. The molecular formula is C12H4Cl6O. The minimum absolute atomic E-state index is 0.182. The fourth-order valence-corrected chi connectivity index (χ4v) is 2.54. The molecule has 0 fully saturated rings. The molecule has 0 radical (unpaired) electrons. The van der Waals surface area contributed by atoms with Gasteiger partial charge in [0.2, 0.25) is 0 Å². The third kappa shape index (κ3) is 3.36. The van der Waals surface area contributed by atoms with E-state index in [-0.39, 0.29) is 26.6 Å². The van der Waals surface area contributed by atoms with Gasteiger partial charge in [0.1, 0.15) is 15.8 Å². The fraction of sp³-hybridized carbons (Fsp3) is 0. The summed E-state index contributed by atoms with van der Waals surface area (Å²) in [7, 11) is 0. The first kappa shape index (κ1) is 15.4. The Labute approximate surface area is 139 Å². The largest absolute Gasteiger partial charge is 0.452 e. The third-order valence-electron chi connectivity index (χ3n) is 2.17. The Balaban J connectivity index is 2.51. The Morgan fingerprint density at radius 1 is 0.684 bits per heavy atom. The molecule has 2 aromatic carbocycles. The molecule has 0 amide bonds. The maximum absolute atomic E-state index is 6.03. The number of benzene rings is 2. The summed E-state index contributed by atoms with van der Waals surface area (Å²) in [4.78, 5) is 0. The standard InChI is InChI=1S/C12H4Cl6O/c13-5-3-8(16)10(17)9(4-5)19-12-7(15)2-1-6(14)11(12)18/h1-4H. The average molecular weight is 377 g/mol. The SMILES string of the molecule is Clc1cc(Cl)c(Cl)c(Oc2c(Cl)ccc(Cl)c2Cl)c1. The molecule has 7 heteroatoms. The Morgan fingerprint density at radius 2 is 1.32 bits per heavy atom. The number of hydrogen-bond donors (Lipinski definition) is 0. The van der Waals surface area contributed by atoms with Crippen molar-refractivity contribution in [3.8, 4) is 11.5 Å². The molecule has 0 spiro atoms. The van der Waals surface area contributed by atoms with E-state index in [1.54, 1.807) is 12.1 Å². The lowest BCUT2D eigenvalue weighted by molar-refractivity contribution is 0.483. The van der Waals surface area contributed by atoms with Gasteiger partial charge >= 0.3 is 0 Å². The van der Waals surface area contributed by atoms with E-state index < -0.39 is 0 Å². The molecule has 0 bridgehead atoms. The van der Waals surface area contributed by atoms with E-state index in [0.717, 1.165) is 0 Å². The van der Waals surface area contributed by atoms with Crippen LogP contribution in [0.1, 0.15) is 0 Å². The molecule has 0 heterocycles. The highest BCUT2D eigenvalue weighted by Gasteiger charge is 2.15. The Morgan fingerprint density at radius 3 is 2.00 bits per heavy atom. The summed E-state index contributed by atoms with van der Waals surface area (Å²) < 4.78 is 5.56. The van der Waals surface area contributed by atoms with E-state index in [0.29, 0.717) is 15.1 Å². The highest BCUT2D eigenvalue weighted by molar-refractivity contribution is 6.45. The number of hydrogen-bond acceptors (Lipinski definition) is 1. The summed E-state index contributed by atoms with van der Waals surface area (Å²) in [5.74, 6) is 0.432. The predicted octanol–water partition coefficient (Wildman–Crippen LogP) is 7.40. The Hall–Kier alpha value is -0.0200. The van der Waals surface area contributed by atoms with Crippen molar-refractivity contribution in [1.82, 2.24) is 0 Å². The van der Waals surface area contributed by atoms with Crippen LogP contribution >= 0.6 is 69.6 Å². The van der Waals surface area contributed by atoms with Crippen molar-refractivity contribution in [3.63, 3.8) is 0 Å². The molecule has 2 rings (SSSR count). The van der Waals surface area contributed by atoms with E-state index in [1.807, 2.05) is 0 Å². The summed E-state index contributed by atoms with van der Waals surface area (Å²) in [6, 6.07) is 6.12. The number of ether oxygens (including phenoxy) is 1. The number of rotatable bonds is 2. The molecule has 1 nitrogen and oxygen atoms in total. The van der Waals surface area contributed by atoms with Crippen molar-refractivity contribution in [2.45, 2.75) is 0 Å². The lowest BCUT2D eigenvalue weighted by Crippen LogP contribution is -1.89. The molecule has 0 aliphatic rings. The smallest absolute Gasteiger partial charge is 0.166 e. The van der Waals surface area contributed by atoms with E-state index >= 15 is 0 Å². The topological polar surface area (TPSA) is 9.23 Å². The highest BCUT2D eigenvalue weighted by Crippen LogP contribution is 2.44. The lowest BCUT2D eigenvalue weighted by Gasteiger charge is -2.12. The summed E-state index contributed by atoms with van der Waals surface area (Å²) in [5.41, 5.74) is 0. The van der Waals surface area contributed by atoms with Gasteiger partial charge in [-0.15, -0.1) is 0 Å². The zero-order chi connectivity index (χ0) is 14.2. The molecule has 2 aromatic rings. The van der Waals surface area contributed by atoms with Crippen molar-refractivity contribution >= 4 is 69.6 Å². The van der Waals surface area contributed by atoms with Gasteiger partial charge in [0, 0.05) is 11.1 Å². The van der Waals surface area contributed by atoms with Crippen LogP contribution in [0.15, 0.2) is 24.3 Å². The van der Waals surface area contributed by atoms with Gasteiger partial charge in [-0.25, -0.2) is 0 Å². The summed E-state index contributed by atoms with van der Waals surface area (Å²) in [6.45, 7) is 0. The summed E-state index contributed by atoms with van der Waals surface area (Å²) >= 11 is 35.8. The van der Waals surface area contributed by atoms with Gasteiger partial charge in [0.25, 0.3) is 0 Å². The van der Waals surface area contributed by atoms with Crippen LogP contribution in [0.3, 0.4) is 0 Å². The molecule has 0 N–H and O–H groups in total. The second-order valence-electron chi connectivity index (χ2n) is 3.47. The minimum Gasteiger partial charge on any atom is -0.452 e. The van der Waals surface area contributed by atoms with E-state index in [1.165, 1.54) is 12.1 Å². The van der Waals surface area contributed by atoms with Crippen LogP contribution in [0.4, 0.5) is 0 Å². The van der Waals surface area contributed by atoms with Gasteiger partial charge in [-0.1, -0.05) is 69.6 Å². The Bertz CT molecular complexity index is 641. The molecular weight excluding hydrogens is 373 g/mol. The third-order valence-corrected chi connectivity index (χ3v) is 4.26. The van der Waals surface area contributed by atoms with Crippen LogP contribution in [0.25, 0.3) is 0 Å². The molecule has 0 unspecified atom stereocenters. The van der Waals surface area contributed by atoms with Crippen molar-refractivity contribution < 1.29 is 4.74 Å². The van der Waals surface area contributed by atoms with Crippen LogP contribution in [0, 0.1) is 0 Å². The summed E-state index contributed by atoms with van der Waals surface area (Å²) in [5, 5.41) is 1.63. The van der Waals surface area contributed by atoms with Crippen molar-refractivity contribution in [2.75, 3.05) is 0 Å². The van der Waals surface area contributed by atoms with Gasteiger partial charge in [0.05, 0.1) is 15.1 Å². The van der Waals surface area contributed by atoms with Gasteiger partial charge in [-0.3, -0.25) is 0 Å². The second kappa shape index (κ2) is 6.17. The molecule has 19 heavy (non-hydrogen) atoms. The molecule has 0 aromatic heterocycles. The van der Waals surface area contributed by atoms with Crippen LogP contribution in [0.5, 0.6) is 11.5 Å². The number of halogens is 6. The fourth-order valence-electron chi connectivity index (χ4n) is 1.32. The maximum atomic E-state index is 6.03. The first-order valence-electron chi connectivity index (χ1n) is 4.86. The average Bonchev–Trinajstić information content (AvgIpc) is 2.35. The van der Waals surface area contributed by atoms with Gasteiger partial charge in [-0.2, -0.15) is 0 Å². The lowest BCUT2D eigenvalue weighted by atomic mass is 10.3. The molecule has 0 saturated carbocycles. The molecule has 100 valence electrons. The first-order valence-corrected chi connectivity index (χ1v) is 7.13. The summed E-state index contributed by atoms with van der Waals surface area (Å²) in [6.07, 6.45) is 0. The van der Waals surface area contributed by atoms with Crippen LogP contribution in [-0.2, 0) is 0 Å². The van der Waals surface area contributed by atoms with Crippen molar-refractivity contribution in [2.24, 2.45) is 0 Å². The van der Waals surface area contributed by atoms with Crippen LogP contribution in [0.2, 0.25) is 30.1 Å². The normalized spacial score (nSPS) is 10.6.